The molecule has 0 heterocycles. The molecule has 0 aliphatic carbocycles. The van der Waals surface area contributed by atoms with Gasteiger partial charge in [0.05, 0.1) is 11.9 Å². The molecule has 1 N–H and O–H groups in total. The molecule has 202 valence electrons. The maximum atomic E-state index is 14.1. The van der Waals surface area contributed by atoms with Gasteiger partial charge in [0.15, 0.2) is 0 Å². The molecule has 0 bridgehead atoms. The summed E-state index contributed by atoms with van der Waals surface area (Å²) in [7, 11) is -2.32. The molecule has 0 aliphatic heterocycles. The van der Waals surface area contributed by atoms with Crippen molar-refractivity contribution in [2.45, 2.75) is 19.0 Å². The number of nitrogens with zero attached hydrogens (tertiary/aromatic N) is 2. The van der Waals surface area contributed by atoms with Crippen LogP contribution in [0, 0.1) is 0 Å². The Labute approximate surface area is 237 Å². The fraction of sp³-hybridized carbons (Fsp3) is 0.200. The third-order valence-corrected chi connectivity index (χ3v) is 8.15. The Hall–Kier alpha value is -3.69. The molecule has 0 saturated heterocycles. The molecule has 4 aromatic rings. The summed E-state index contributed by atoms with van der Waals surface area (Å²) in [5.74, 6) is -0.818. The van der Waals surface area contributed by atoms with E-state index >= 15 is 0 Å². The van der Waals surface area contributed by atoms with Crippen molar-refractivity contribution in [2.75, 3.05) is 24.2 Å². The van der Waals surface area contributed by atoms with E-state index in [2.05, 4.69) is 21.2 Å². The van der Waals surface area contributed by atoms with Gasteiger partial charge in [-0.05, 0) is 34.7 Å². The number of anilines is 1. The van der Waals surface area contributed by atoms with Gasteiger partial charge in [0, 0.05) is 29.9 Å². The van der Waals surface area contributed by atoms with Crippen LogP contribution in [0.3, 0.4) is 0 Å². The highest BCUT2D eigenvalue weighted by atomic mass is 79.9. The van der Waals surface area contributed by atoms with Crippen molar-refractivity contribution < 1.29 is 18.0 Å². The highest BCUT2D eigenvalue weighted by Gasteiger charge is 2.33. The number of rotatable bonds is 10. The average Bonchev–Trinajstić information content (AvgIpc) is 2.93. The van der Waals surface area contributed by atoms with Gasteiger partial charge in [-0.1, -0.05) is 94.8 Å². The first-order valence-corrected chi connectivity index (χ1v) is 15.1. The second kappa shape index (κ2) is 12.4. The Balaban J connectivity index is 1.76. The number of amides is 2. The van der Waals surface area contributed by atoms with Crippen molar-refractivity contribution >= 4 is 54.2 Å². The van der Waals surface area contributed by atoms with Crippen molar-refractivity contribution in [1.29, 1.82) is 0 Å². The normalized spacial score (nSPS) is 12.1. The maximum absolute atomic E-state index is 14.1. The molecule has 0 radical (unpaired) electrons. The van der Waals surface area contributed by atoms with E-state index in [4.69, 9.17) is 0 Å². The lowest BCUT2D eigenvalue weighted by Gasteiger charge is -2.33. The van der Waals surface area contributed by atoms with Gasteiger partial charge >= 0.3 is 0 Å². The van der Waals surface area contributed by atoms with E-state index in [0.29, 0.717) is 11.1 Å². The van der Waals surface area contributed by atoms with Gasteiger partial charge in [0.1, 0.15) is 12.6 Å². The van der Waals surface area contributed by atoms with Gasteiger partial charge in [-0.2, -0.15) is 0 Å². The van der Waals surface area contributed by atoms with Crippen molar-refractivity contribution in [3.8, 4) is 0 Å². The zero-order valence-electron chi connectivity index (χ0n) is 21.7. The van der Waals surface area contributed by atoms with Crippen LogP contribution in [0.2, 0.25) is 0 Å². The van der Waals surface area contributed by atoms with Crippen molar-refractivity contribution in [3.63, 3.8) is 0 Å². The van der Waals surface area contributed by atoms with Crippen molar-refractivity contribution in [1.82, 2.24) is 10.2 Å². The van der Waals surface area contributed by atoms with Crippen molar-refractivity contribution in [2.24, 2.45) is 0 Å². The SMILES string of the molecule is CNC(=O)[C@@H](Cc1ccccc1)N(Cc1ccc(Br)cc1)C(=O)CN(c1cccc2ccccc12)S(C)(=O)=O. The van der Waals surface area contributed by atoms with Gasteiger partial charge in [0.2, 0.25) is 21.8 Å². The van der Waals surface area contributed by atoms with Gasteiger partial charge in [0.25, 0.3) is 0 Å². The lowest BCUT2D eigenvalue weighted by molar-refractivity contribution is -0.139. The Morgan fingerprint density at radius 2 is 1.49 bits per heavy atom. The summed E-state index contributed by atoms with van der Waals surface area (Å²) in [4.78, 5) is 28.7. The Kier molecular flexibility index (Phi) is 9.04. The summed E-state index contributed by atoms with van der Waals surface area (Å²) in [6, 6.07) is 28.8. The number of carbonyl (C=O) groups excluding carboxylic acids is 2. The minimum Gasteiger partial charge on any atom is -0.357 e. The molecule has 9 heteroatoms. The third kappa shape index (κ3) is 7.04. The van der Waals surface area contributed by atoms with Crippen LogP contribution in [-0.4, -0.2) is 51.0 Å². The fourth-order valence-corrected chi connectivity index (χ4v) is 5.65. The summed E-state index contributed by atoms with van der Waals surface area (Å²) in [6.07, 6.45) is 1.36. The Bertz CT molecular complexity index is 1560. The second-order valence-corrected chi connectivity index (χ2v) is 12.1. The molecule has 7 nitrogen and oxygen atoms in total. The predicted octanol–water partition coefficient (Wildman–Crippen LogP) is 4.75. The van der Waals surface area contributed by atoms with Crippen LogP contribution in [-0.2, 0) is 32.6 Å². The maximum Gasteiger partial charge on any atom is 0.244 e. The number of carbonyl (C=O) groups is 2. The van der Waals surface area contributed by atoms with Crippen LogP contribution >= 0.6 is 15.9 Å². The quantitative estimate of drug-likeness (QED) is 0.282. The van der Waals surface area contributed by atoms with E-state index in [0.717, 1.165) is 31.5 Å². The van der Waals surface area contributed by atoms with Gasteiger partial charge in [-0.25, -0.2) is 8.42 Å². The van der Waals surface area contributed by atoms with Gasteiger partial charge < -0.3 is 10.2 Å². The number of fused-ring (bicyclic) bond motifs is 1. The lowest BCUT2D eigenvalue weighted by Crippen LogP contribution is -2.52. The Morgan fingerprint density at radius 1 is 0.846 bits per heavy atom. The van der Waals surface area contributed by atoms with Crippen LogP contribution in [0.1, 0.15) is 11.1 Å². The fourth-order valence-electron chi connectivity index (χ4n) is 4.53. The number of halogens is 1. The van der Waals surface area contributed by atoms with Crippen LogP contribution in [0.15, 0.2) is 102 Å². The molecule has 2 amide bonds. The number of likely N-dealkylation sites (N-methyl/N-ethyl adjacent to an activating group) is 1. The number of nitrogens with one attached hydrogen (secondary N) is 1. The first kappa shape index (κ1) is 28.3. The molecule has 1 atom stereocenters. The summed E-state index contributed by atoms with van der Waals surface area (Å²) in [5, 5.41) is 4.25. The summed E-state index contributed by atoms with van der Waals surface area (Å²) >= 11 is 3.43. The topological polar surface area (TPSA) is 86.8 Å². The molecular weight excluding hydrogens is 578 g/mol. The number of hydrogen-bond donors (Lipinski definition) is 1. The zero-order valence-corrected chi connectivity index (χ0v) is 24.2. The molecule has 0 spiro atoms. The Morgan fingerprint density at radius 3 is 2.15 bits per heavy atom. The average molecular weight is 609 g/mol. The standard InChI is InChI=1S/C30H30BrN3O4S/c1-32-30(36)28(19-22-9-4-3-5-10-22)33(20-23-15-17-25(31)18-16-23)29(35)21-34(39(2,37)38)27-14-8-12-24-11-6-7-13-26(24)27/h3-18,28H,19-21H2,1-2H3,(H,32,36)/t28-/m1/s1. The van der Waals surface area contributed by atoms with Crippen LogP contribution in [0.5, 0.6) is 0 Å². The predicted molar refractivity (Wildman–Crippen MR) is 159 cm³/mol. The zero-order chi connectivity index (χ0) is 28.0. The first-order chi connectivity index (χ1) is 18.7. The first-order valence-electron chi connectivity index (χ1n) is 12.4. The molecule has 0 aliphatic rings. The van der Waals surface area contributed by atoms with Crippen LogP contribution in [0.4, 0.5) is 5.69 Å². The van der Waals surface area contributed by atoms with Crippen LogP contribution < -0.4 is 9.62 Å². The van der Waals surface area contributed by atoms with Crippen molar-refractivity contribution in [3.05, 3.63) is 113 Å². The molecular formula is C30H30BrN3O4S. The highest BCUT2D eigenvalue weighted by Crippen LogP contribution is 2.29. The summed E-state index contributed by atoms with van der Waals surface area (Å²) in [6.45, 7) is -0.324. The largest absolute Gasteiger partial charge is 0.357 e. The van der Waals surface area contributed by atoms with E-state index < -0.39 is 28.5 Å². The lowest BCUT2D eigenvalue weighted by atomic mass is 10.0. The monoisotopic (exact) mass is 607 g/mol. The number of hydrogen-bond acceptors (Lipinski definition) is 4. The summed E-state index contributed by atoms with van der Waals surface area (Å²) in [5.41, 5.74) is 2.10. The van der Waals surface area contributed by atoms with E-state index in [9.17, 15) is 18.0 Å². The molecule has 0 saturated carbocycles. The molecule has 0 fully saturated rings. The highest BCUT2D eigenvalue weighted by molar-refractivity contribution is 9.10. The molecule has 0 aromatic heterocycles. The third-order valence-electron chi connectivity index (χ3n) is 6.50. The van der Waals surface area contributed by atoms with E-state index in [-0.39, 0.29) is 18.9 Å². The van der Waals surface area contributed by atoms with E-state index in [1.54, 1.807) is 12.1 Å². The minimum absolute atomic E-state index is 0.129. The van der Waals surface area contributed by atoms with E-state index in [1.165, 1.54) is 11.9 Å². The minimum atomic E-state index is -3.85. The van der Waals surface area contributed by atoms with Crippen LogP contribution in [0.25, 0.3) is 10.8 Å². The molecule has 4 aromatic carbocycles. The van der Waals surface area contributed by atoms with E-state index in [1.807, 2.05) is 84.9 Å². The number of sulfonamides is 1. The molecule has 0 unspecified atom stereocenters. The molecule has 39 heavy (non-hydrogen) atoms. The van der Waals surface area contributed by atoms with Gasteiger partial charge in [-0.3, -0.25) is 13.9 Å². The van der Waals surface area contributed by atoms with Gasteiger partial charge in [-0.15, -0.1) is 0 Å². The smallest absolute Gasteiger partial charge is 0.244 e. The second-order valence-electron chi connectivity index (χ2n) is 9.24. The molecule has 4 rings (SSSR count). The summed E-state index contributed by atoms with van der Waals surface area (Å²) < 4.78 is 28.1. The number of benzene rings is 4.